The van der Waals surface area contributed by atoms with E-state index < -0.39 is 0 Å². The molecule has 1 aromatic rings. The minimum absolute atomic E-state index is 0.0594. The van der Waals surface area contributed by atoms with Crippen molar-refractivity contribution in [1.29, 1.82) is 5.26 Å². The molecule has 1 heterocycles. The first kappa shape index (κ1) is 19.7. The Morgan fingerprint density at radius 1 is 1.32 bits per heavy atom. The van der Waals surface area contributed by atoms with Crippen LogP contribution in [0.3, 0.4) is 0 Å². The number of hydrogen-bond acceptors (Lipinski definition) is 4. The predicted octanol–water partition coefficient (Wildman–Crippen LogP) is 3.30. The molecule has 1 fully saturated rings. The van der Waals surface area contributed by atoms with Crippen LogP contribution >= 0.6 is 15.9 Å². The normalized spacial score (nSPS) is 16.5. The van der Waals surface area contributed by atoms with Crippen molar-refractivity contribution >= 4 is 21.8 Å². The van der Waals surface area contributed by atoms with E-state index in [1.54, 1.807) is 0 Å². The smallest absolute Gasteiger partial charge is 0.222 e. The Labute approximate surface area is 158 Å². The summed E-state index contributed by atoms with van der Waals surface area (Å²) in [4.78, 5) is 16.4. The van der Waals surface area contributed by atoms with Crippen LogP contribution in [0.2, 0.25) is 0 Å². The highest BCUT2D eigenvalue weighted by Gasteiger charge is 2.27. The van der Waals surface area contributed by atoms with Crippen molar-refractivity contribution < 1.29 is 9.53 Å². The summed E-state index contributed by atoms with van der Waals surface area (Å²) in [5.74, 6) is 1.30. The van der Waals surface area contributed by atoms with Crippen molar-refractivity contribution in [3.05, 3.63) is 28.7 Å². The first-order valence-electron chi connectivity index (χ1n) is 8.81. The zero-order valence-electron chi connectivity index (χ0n) is 14.9. The van der Waals surface area contributed by atoms with E-state index in [-0.39, 0.29) is 11.9 Å². The lowest BCUT2D eigenvalue weighted by molar-refractivity contribution is -0.133. The van der Waals surface area contributed by atoms with Crippen molar-refractivity contribution in [2.75, 3.05) is 32.8 Å². The summed E-state index contributed by atoms with van der Waals surface area (Å²) in [6.45, 7) is 7.62. The molecule has 1 aromatic carbocycles. The second kappa shape index (κ2) is 9.79. The zero-order chi connectivity index (χ0) is 18.2. The van der Waals surface area contributed by atoms with Gasteiger partial charge < -0.3 is 9.64 Å². The number of nitrogens with zero attached hydrogens (tertiary/aromatic N) is 3. The van der Waals surface area contributed by atoms with Gasteiger partial charge in [-0.25, -0.2) is 0 Å². The molecule has 0 bridgehead atoms. The fraction of sp³-hybridized carbons (Fsp3) is 0.579. The van der Waals surface area contributed by atoms with Crippen LogP contribution in [0, 0.1) is 17.2 Å². The lowest BCUT2D eigenvalue weighted by atomic mass is 10.0. The van der Waals surface area contributed by atoms with Gasteiger partial charge in [0.25, 0.3) is 0 Å². The lowest BCUT2D eigenvalue weighted by Gasteiger charge is -2.38. The highest BCUT2D eigenvalue weighted by Crippen LogP contribution is 2.18. The number of carbonyl (C=O) groups is 1. The van der Waals surface area contributed by atoms with Gasteiger partial charge in [0.1, 0.15) is 11.8 Å². The molecular formula is C19H26BrN3O2. The molecule has 0 radical (unpaired) electrons. The molecule has 0 saturated carbocycles. The van der Waals surface area contributed by atoms with Crippen LogP contribution in [0.1, 0.15) is 26.7 Å². The predicted molar refractivity (Wildman–Crippen MR) is 101 cm³/mol. The Bertz CT molecular complexity index is 607. The summed E-state index contributed by atoms with van der Waals surface area (Å²) in [5.41, 5.74) is 0. The number of ether oxygens (including phenoxy) is 1. The maximum absolute atomic E-state index is 12.3. The maximum Gasteiger partial charge on any atom is 0.222 e. The molecule has 25 heavy (non-hydrogen) atoms. The van der Waals surface area contributed by atoms with Gasteiger partial charge >= 0.3 is 0 Å². The zero-order valence-corrected chi connectivity index (χ0v) is 16.5. The Morgan fingerprint density at radius 3 is 2.64 bits per heavy atom. The van der Waals surface area contributed by atoms with Crippen LogP contribution in [0.5, 0.6) is 5.75 Å². The van der Waals surface area contributed by atoms with Gasteiger partial charge in [0.05, 0.1) is 12.7 Å². The van der Waals surface area contributed by atoms with Crippen LogP contribution in [-0.4, -0.2) is 54.5 Å². The number of amides is 1. The third kappa shape index (κ3) is 6.02. The van der Waals surface area contributed by atoms with E-state index >= 15 is 0 Å². The number of hydrogen-bond donors (Lipinski definition) is 0. The Kier molecular flexibility index (Phi) is 7.73. The number of halogens is 1. The highest BCUT2D eigenvalue weighted by atomic mass is 79.9. The summed E-state index contributed by atoms with van der Waals surface area (Å²) in [6.07, 6.45) is 1.21. The van der Waals surface area contributed by atoms with Gasteiger partial charge in [-0.3, -0.25) is 9.69 Å². The molecule has 0 spiro atoms. The van der Waals surface area contributed by atoms with Crippen molar-refractivity contribution in [1.82, 2.24) is 9.80 Å². The SMILES string of the molecule is CC(C)C(C#N)N1CCN(C(=O)CCCOc2cccc(Br)c2)CC1. The van der Waals surface area contributed by atoms with Gasteiger partial charge in [0.15, 0.2) is 0 Å². The van der Waals surface area contributed by atoms with E-state index in [1.165, 1.54) is 0 Å². The second-order valence-electron chi connectivity index (χ2n) is 6.64. The summed E-state index contributed by atoms with van der Waals surface area (Å²) in [7, 11) is 0. The largest absolute Gasteiger partial charge is 0.494 e. The topological polar surface area (TPSA) is 56.6 Å². The van der Waals surface area contributed by atoms with Crippen LogP contribution in [-0.2, 0) is 4.79 Å². The molecule has 0 aromatic heterocycles. The Morgan fingerprint density at radius 2 is 2.04 bits per heavy atom. The van der Waals surface area contributed by atoms with Crippen molar-refractivity contribution in [2.45, 2.75) is 32.7 Å². The summed E-state index contributed by atoms with van der Waals surface area (Å²) < 4.78 is 6.65. The molecular weight excluding hydrogens is 382 g/mol. The summed E-state index contributed by atoms with van der Waals surface area (Å²) in [5, 5.41) is 9.29. The van der Waals surface area contributed by atoms with Crippen molar-refractivity contribution in [2.24, 2.45) is 5.92 Å². The fourth-order valence-electron chi connectivity index (χ4n) is 3.03. The third-order valence-electron chi connectivity index (χ3n) is 4.42. The maximum atomic E-state index is 12.3. The van der Waals surface area contributed by atoms with Crippen LogP contribution in [0.25, 0.3) is 0 Å². The van der Waals surface area contributed by atoms with Crippen molar-refractivity contribution in [3.8, 4) is 11.8 Å². The van der Waals surface area contributed by atoms with E-state index in [9.17, 15) is 10.1 Å². The van der Waals surface area contributed by atoms with E-state index in [0.717, 1.165) is 23.3 Å². The lowest BCUT2D eigenvalue weighted by Crippen LogP contribution is -2.52. The number of carbonyl (C=O) groups excluding carboxylic acids is 1. The van der Waals surface area contributed by atoms with E-state index in [1.807, 2.05) is 29.2 Å². The minimum atomic E-state index is -0.0594. The number of rotatable bonds is 7. The number of piperazine rings is 1. The van der Waals surface area contributed by atoms with Gasteiger partial charge in [-0.05, 0) is 30.5 Å². The molecule has 6 heteroatoms. The van der Waals surface area contributed by atoms with E-state index in [2.05, 4.69) is 40.7 Å². The minimum Gasteiger partial charge on any atom is -0.494 e. The average Bonchev–Trinajstić information content (AvgIpc) is 2.59. The van der Waals surface area contributed by atoms with Gasteiger partial charge in [0, 0.05) is 37.1 Å². The van der Waals surface area contributed by atoms with Gasteiger partial charge in [-0.2, -0.15) is 5.26 Å². The molecule has 5 nitrogen and oxygen atoms in total. The fourth-order valence-corrected chi connectivity index (χ4v) is 3.41. The van der Waals surface area contributed by atoms with E-state index in [0.29, 0.717) is 38.5 Å². The first-order valence-corrected chi connectivity index (χ1v) is 9.60. The van der Waals surface area contributed by atoms with Crippen LogP contribution in [0.15, 0.2) is 28.7 Å². The van der Waals surface area contributed by atoms with Gasteiger partial charge in [-0.1, -0.05) is 35.8 Å². The van der Waals surface area contributed by atoms with Gasteiger partial charge in [-0.15, -0.1) is 0 Å². The standard InChI is InChI=1S/C19H26BrN3O2/c1-15(2)18(14-21)22-8-10-23(11-9-22)19(24)7-4-12-25-17-6-3-5-16(20)13-17/h3,5-6,13,15,18H,4,7-12H2,1-2H3. The van der Waals surface area contributed by atoms with E-state index in [4.69, 9.17) is 4.74 Å². The second-order valence-corrected chi connectivity index (χ2v) is 7.56. The molecule has 136 valence electrons. The molecule has 1 amide bonds. The monoisotopic (exact) mass is 407 g/mol. The number of nitriles is 1. The first-order chi connectivity index (χ1) is 12.0. The summed E-state index contributed by atoms with van der Waals surface area (Å²) in [6, 6.07) is 10.0. The Hall–Kier alpha value is -1.58. The van der Waals surface area contributed by atoms with Crippen LogP contribution < -0.4 is 4.74 Å². The Balaban J connectivity index is 1.68. The molecule has 1 unspecified atom stereocenters. The molecule has 1 aliphatic rings. The molecule has 2 rings (SSSR count). The average molecular weight is 408 g/mol. The van der Waals surface area contributed by atoms with Crippen LogP contribution in [0.4, 0.5) is 0 Å². The molecule has 1 saturated heterocycles. The van der Waals surface area contributed by atoms with Crippen molar-refractivity contribution in [3.63, 3.8) is 0 Å². The molecule has 1 aliphatic heterocycles. The van der Waals surface area contributed by atoms with Gasteiger partial charge in [0.2, 0.25) is 5.91 Å². The highest BCUT2D eigenvalue weighted by molar-refractivity contribution is 9.10. The third-order valence-corrected chi connectivity index (χ3v) is 4.92. The quantitative estimate of drug-likeness (QED) is 0.650. The number of benzene rings is 1. The molecule has 0 N–H and O–H groups in total. The summed E-state index contributed by atoms with van der Waals surface area (Å²) >= 11 is 3.41. The molecule has 0 aliphatic carbocycles. The molecule has 1 atom stereocenters.